The maximum absolute atomic E-state index is 13.2. The Labute approximate surface area is 221 Å². The van der Waals surface area contributed by atoms with E-state index in [9.17, 15) is 15.0 Å². The number of fused-ring (bicyclic) bond motifs is 3. The first-order valence-corrected chi connectivity index (χ1v) is 12.2. The molecule has 1 unspecified atom stereocenters. The van der Waals surface area contributed by atoms with Gasteiger partial charge in [0.1, 0.15) is 11.5 Å². The minimum Gasteiger partial charge on any atom is -0.508 e. The van der Waals surface area contributed by atoms with Crippen molar-refractivity contribution in [1.29, 1.82) is 0 Å². The number of carbonyl (C=O) groups is 1. The molecular formula is C29H21N5O3S. The fraction of sp³-hybridized carbons (Fsp3) is 0.0345. The summed E-state index contributed by atoms with van der Waals surface area (Å²) in [4.78, 5) is 22.6. The van der Waals surface area contributed by atoms with Gasteiger partial charge in [-0.1, -0.05) is 66.7 Å². The smallest absolute Gasteiger partial charge is 0.255 e. The average molecular weight is 520 g/mol. The maximum Gasteiger partial charge on any atom is 0.255 e. The van der Waals surface area contributed by atoms with Gasteiger partial charge < -0.3 is 15.5 Å². The van der Waals surface area contributed by atoms with Crippen LogP contribution in [0.15, 0.2) is 97.1 Å². The molecule has 0 saturated carbocycles. The van der Waals surface area contributed by atoms with Crippen molar-refractivity contribution in [2.24, 2.45) is 0 Å². The zero-order valence-corrected chi connectivity index (χ0v) is 20.7. The van der Waals surface area contributed by atoms with Crippen LogP contribution in [0.1, 0.15) is 27.5 Å². The molecule has 186 valence electrons. The van der Waals surface area contributed by atoms with E-state index in [1.807, 2.05) is 48.5 Å². The third kappa shape index (κ3) is 4.14. The van der Waals surface area contributed by atoms with E-state index in [1.54, 1.807) is 40.9 Å². The summed E-state index contributed by atoms with van der Waals surface area (Å²) in [7, 11) is 0. The number of aromatic nitrogens is 4. The lowest BCUT2D eigenvalue weighted by molar-refractivity contribution is 0.0940. The predicted octanol–water partition coefficient (Wildman–Crippen LogP) is 5.54. The van der Waals surface area contributed by atoms with Gasteiger partial charge in [0, 0.05) is 16.5 Å². The van der Waals surface area contributed by atoms with Gasteiger partial charge in [-0.3, -0.25) is 9.89 Å². The van der Waals surface area contributed by atoms with Gasteiger partial charge in [0.2, 0.25) is 4.77 Å². The van der Waals surface area contributed by atoms with Crippen LogP contribution in [-0.4, -0.2) is 35.7 Å². The normalized spacial score (nSPS) is 12.0. The van der Waals surface area contributed by atoms with Crippen molar-refractivity contribution in [1.82, 2.24) is 24.9 Å². The molecule has 8 nitrogen and oxygen atoms in total. The maximum atomic E-state index is 13.2. The third-order valence-electron chi connectivity index (χ3n) is 6.36. The summed E-state index contributed by atoms with van der Waals surface area (Å²) in [6, 6.07) is 27.7. The number of benzene rings is 4. The highest BCUT2D eigenvalue weighted by molar-refractivity contribution is 7.71. The summed E-state index contributed by atoms with van der Waals surface area (Å²) in [6.45, 7) is 0. The number of H-pyrrole nitrogens is 1. The van der Waals surface area contributed by atoms with Gasteiger partial charge in [0.25, 0.3) is 5.91 Å². The van der Waals surface area contributed by atoms with Crippen LogP contribution in [0.25, 0.3) is 27.9 Å². The van der Waals surface area contributed by atoms with Crippen molar-refractivity contribution in [2.45, 2.75) is 6.04 Å². The van der Waals surface area contributed by atoms with E-state index < -0.39 is 11.9 Å². The van der Waals surface area contributed by atoms with Crippen molar-refractivity contribution in [3.8, 4) is 22.9 Å². The molecule has 6 aromatic rings. The van der Waals surface area contributed by atoms with Crippen LogP contribution in [0.3, 0.4) is 0 Å². The lowest BCUT2D eigenvalue weighted by atomic mass is 9.96. The van der Waals surface area contributed by atoms with Crippen molar-refractivity contribution in [3.05, 3.63) is 119 Å². The van der Waals surface area contributed by atoms with E-state index in [-0.39, 0.29) is 17.1 Å². The number of aromatic hydroxyl groups is 2. The molecule has 38 heavy (non-hydrogen) atoms. The lowest BCUT2D eigenvalue weighted by Gasteiger charge is -2.21. The molecule has 0 bridgehead atoms. The second-order valence-corrected chi connectivity index (χ2v) is 9.13. The first-order valence-electron chi connectivity index (χ1n) is 11.8. The number of hydrogen-bond acceptors (Lipinski definition) is 6. The van der Waals surface area contributed by atoms with Crippen LogP contribution in [0, 0.1) is 4.77 Å². The van der Waals surface area contributed by atoms with Gasteiger partial charge in [-0.25, -0.2) is 9.50 Å². The highest BCUT2D eigenvalue weighted by Gasteiger charge is 2.23. The zero-order valence-electron chi connectivity index (χ0n) is 19.9. The Kier molecular flexibility index (Phi) is 5.82. The van der Waals surface area contributed by atoms with Crippen LogP contribution in [0.2, 0.25) is 0 Å². The number of hydrogen-bond donors (Lipinski definition) is 4. The topological polar surface area (TPSA) is 116 Å². The minimum atomic E-state index is -0.733. The van der Waals surface area contributed by atoms with Gasteiger partial charge >= 0.3 is 0 Å². The quantitative estimate of drug-likeness (QED) is 0.222. The van der Waals surface area contributed by atoms with Crippen molar-refractivity contribution in [2.75, 3.05) is 0 Å². The number of phenols is 2. The number of nitrogens with zero attached hydrogens (tertiary/aromatic N) is 3. The molecule has 1 amide bonds. The number of carbonyl (C=O) groups excluding carboxylic acids is 1. The number of nitrogens with one attached hydrogen (secondary N) is 2. The average Bonchev–Trinajstić information content (AvgIpc) is 3.34. The second kappa shape index (κ2) is 9.45. The van der Waals surface area contributed by atoms with E-state index in [0.717, 1.165) is 5.56 Å². The van der Waals surface area contributed by atoms with Crippen LogP contribution in [0.4, 0.5) is 0 Å². The summed E-state index contributed by atoms with van der Waals surface area (Å²) in [5, 5.41) is 27.7. The van der Waals surface area contributed by atoms with Gasteiger partial charge in [-0.2, -0.15) is 4.98 Å². The van der Waals surface area contributed by atoms with Gasteiger partial charge in [0.15, 0.2) is 11.5 Å². The Hall–Kier alpha value is -5.02. The molecule has 0 radical (unpaired) electrons. The molecule has 4 aromatic carbocycles. The number of rotatable bonds is 5. The molecule has 1 atom stereocenters. The number of phenolic OH excluding ortho intramolecular Hbond substituents is 2. The standard InChI is InChI=1S/C29H21N5O3S/c35-23-12-6-4-10-19(23)25(31-28(37)20-11-5-7-13-24(20)36)18-14-15-22-21(16-18)27-32-29(38)33-34(27)26(30-22)17-8-2-1-3-9-17/h1-16,25,35-36H,(H,31,37)(H,33,38). The lowest BCUT2D eigenvalue weighted by Crippen LogP contribution is -2.29. The molecule has 6 rings (SSSR count). The van der Waals surface area contributed by atoms with Crippen LogP contribution in [0.5, 0.6) is 11.5 Å². The Morgan fingerprint density at radius 2 is 1.58 bits per heavy atom. The summed E-state index contributed by atoms with van der Waals surface area (Å²) in [6.07, 6.45) is 0. The summed E-state index contributed by atoms with van der Waals surface area (Å²) >= 11 is 5.36. The Balaban J connectivity index is 1.53. The summed E-state index contributed by atoms with van der Waals surface area (Å²) < 4.78 is 2.06. The SMILES string of the molecule is O=C(NC(c1ccc2nc(-c3ccccc3)n3[nH]c(=S)nc3c2c1)c1ccccc1O)c1ccccc1O. The van der Waals surface area contributed by atoms with Crippen molar-refractivity contribution < 1.29 is 15.0 Å². The van der Waals surface area contributed by atoms with Gasteiger partial charge in [-0.15, -0.1) is 0 Å². The fourth-order valence-corrected chi connectivity index (χ4v) is 4.73. The first-order chi connectivity index (χ1) is 18.5. The highest BCUT2D eigenvalue weighted by Crippen LogP contribution is 2.33. The Morgan fingerprint density at radius 3 is 2.34 bits per heavy atom. The predicted molar refractivity (Wildman–Crippen MR) is 147 cm³/mol. The molecule has 0 aliphatic carbocycles. The number of para-hydroxylation sites is 2. The Morgan fingerprint density at radius 1 is 0.868 bits per heavy atom. The molecule has 2 aromatic heterocycles. The molecule has 0 aliphatic rings. The molecule has 0 saturated heterocycles. The fourth-order valence-electron chi connectivity index (χ4n) is 4.56. The largest absolute Gasteiger partial charge is 0.508 e. The number of amides is 1. The second-order valence-electron chi connectivity index (χ2n) is 8.75. The molecule has 9 heteroatoms. The van der Waals surface area contributed by atoms with E-state index in [0.29, 0.717) is 38.3 Å². The van der Waals surface area contributed by atoms with Gasteiger partial charge in [-0.05, 0) is 48.1 Å². The molecule has 0 fully saturated rings. The summed E-state index contributed by atoms with van der Waals surface area (Å²) in [5.74, 6) is 0.0698. The Bertz CT molecular complexity index is 1880. The molecule has 2 heterocycles. The summed E-state index contributed by atoms with van der Waals surface area (Å²) in [5.41, 5.74) is 3.49. The molecule has 0 aliphatic heterocycles. The minimum absolute atomic E-state index is 0.0277. The van der Waals surface area contributed by atoms with Crippen molar-refractivity contribution in [3.63, 3.8) is 0 Å². The highest BCUT2D eigenvalue weighted by atomic mass is 32.1. The van der Waals surface area contributed by atoms with E-state index >= 15 is 0 Å². The van der Waals surface area contributed by atoms with E-state index in [1.165, 1.54) is 12.1 Å². The first kappa shape index (κ1) is 23.4. The van der Waals surface area contributed by atoms with Crippen LogP contribution >= 0.6 is 12.2 Å². The third-order valence-corrected chi connectivity index (χ3v) is 6.55. The van der Waals surface area contributed by atoms with Crippen LogP contribution < -0.4 is 5.32 Å². The van der Waals surface area contributed by atoms with Crippen molar-refractivity contribution >= 4 is 34.7 Å². The van der Waals surface area contributed by atoms with E-state index in [2.05, 4.69) is 15.4 Å². The monoisotopic (exact) mass is 519 g/mol. The van der Waals surface area contributed by atoms with Crippen LogP contribution in [-0.2, 0) is 0 Å². The molecule has 0 spiro atoms. The van der Waals surface area contributed by atoms with E-state index in [4.69, 9.17) is 17.2 Å². The number of aromatic amines is 1. The molecule has 4 N–H and O–H groups in total. The zero-order chi connectivity index (χ0) is 26.2. The van der Waals surface area contributed by atoms with Gasteiger partial charge in [0.05, 0.1) is 17.1 Å². The molecular weight excluding hydrogens is 498 g/mol.